The molecule has 0 aliphatic heterocycles. The van der Waals surface area contributed by atoms with Gasteiger partial charge in [0.05, 0.1) is 6.20 Å². The van der Waals surface area contributed by atoms with Crippen molar-refractivity contribution < 1.29 is 0 Å². The number of H-pyrrole nitrogens is 1. The molecule has 0 atom stereocenters. The van der Waals surface area contributed by atoms with E-state index in [0.29, 0.717) is 5.92 Å². The molecule has 0 aromatic carbocycles. The summed E-state index contributed by atoms with van der Waals surface area (Å²) >= 11 is 0. The van der Waals surface area contributed by atoms with Crippen LogP contribution in [-0.4, -0.2) is 25.0 Å². The molecule has 11 heavy (non-hydrogen) atoms. The zero-order valence-corrected chi connectivity index (χ0v) is 6.44. The summed E-state index contributed by atoms with van der Waals surface area (Å²) in [4.78, 5) is 3.10. The minimum absolute atomic E-state index is 0.400. The number of nitrogens with zero attached hydrogens (tertiary/aromatic N) is 4. The van der Waals surface area contributed by atoms with Crippen LogP contribution in [0.5, 0.6) is 0 Å². The summed E-state index contributed by atoms with van der Waals surface area (Å²) in [6, 6.07) is 0. The van der Waals surface area contributed by atoms with Crippen molar-refractivity contribution in [3.05, 3.63) is 12.0 Å². The van der Waals surface area contributed by atoms with E-state index in [2.05, 4.69) is 34.2 Å². The van der Waals surface area contributed by atoms with Crippen molar-refractivity contribution in [1.82, 2.24) is 25.0 Å². The second-order valence-electron chi connectivity index (χ2n) is 2.77. The van der Waals surface area contributed by atoms with E-state index in [1.165, 1.54) is 4.63 Å². The van der Waals surface area contributed by atoms with Crippen molar-refractivity contribution in [3.8, 4) is 0 Å². The Hall–Kier alpha value is -1.39. The number of aromatic amines is 1. The highest BCUT2D eigenvalue weighted by atomic mass is 15.5. The van der Waals surface area contributed by atoms with Crippen LogP contribution in [0.4, 0.5) is 0 Å². The molecule has 0 fully saturated rings. The SMILES string of the molecule is CC(C)c1nn2nncc2[nH]1. The lowest BCUT2D eigenvalue weighted by Gasteiger charge is -1.94. The molecule has 1 N–H and O–H groups in total. The number of aromatic nitrogens is 5. The molecule has 2 aromatic heterocycles. The van der Waals surface area contributed by atoms with Gasteiger partial charge in [0.2, 0.25) is 0 Å². The van der Waals surface area contributed by atoms with Gasteiger partial charge in [-0.2, -0.15) is 0 Å². The van der Waals surface area contributed by atoms with Crippen LogP contribution in [0.15, 0.2) is 6.20 Å². The Labute approximate surface area is 63.4 Å². The molecule has 0 saturated heterocycles. The van der Waals surface area contributed by atoms with Gasteiger partial charge >= 0.3 is 0 Å². The summed E-state index contributed by atoms with van der Waals surface area (Å²) in [5.41, 5.74) is 0.841. The lowest BCUT2D eigenvalue weighted by Crippen LogP contribution is -1.93. The fourth-order valence-electron chi connectivity index (χ4n) is 0.903. The summed E-state index contributed by atoms with van der Waals surface area (Å²) in [7, 11) is 0. The summed E-state index contributed by atoms with van der Waals surface area (Å²) in [5.74, 6) is 1.34. The Bertz CT molecular complexity index is 329. The third-order valence-electron chi connectivity index (χ3n) is 1.54. The number of nitrogens with one attached hydrogen (secondary N) is 1. The highest BCUT2D eigenvalue weighted by molar-refractivity contribution is 5.31. The Morgan fingerprint density at radius 1 is 1.55 bits per heavy atom. The molecular weight excluding hydrogens is 142 g/mol. The quantitative estimate of drug-likeness (QED) is 0.648. The topological polar surface area (TPSA) is 58.9 Å². The van der Waals surface area contributed by atoms with Crippen LogP contribution in [0.25, 0.3) is 5.65 Å². The van der Waals surface area contributed by atoms with Crippen molar-refractivity contribution in [1.29, 1.82) is 0 Å². The molecule has 0 spiro atoms. The van der Waals surface area contributed by atoms with E-state index in [1.54, 1.807) is 6.20 Å². The first kappa shape index (κ1) is 6.33. The van der Waals surface area contributed by atoms with Gasteiger partial charge in [0.25, 0.3) is 0 Å². The second kappa shape index (κ2) is 2.05. The third kappa shape index (κ3) is 0.886. The normalized spacial score (nSPS) is 11.5. The first-order valence-corrected chi connectivity index (χ1v) is 3.54. The molecule has 5 heteroatoms. The first-order valence-electron chi connectivity index (χ1n) is 3.54. The van der Waals surface area contributed by atoms with Gasteiger partial charge in [0.15, 0.2) is 5.65 Å². The molecule has 0 unspecified atom stereocenters. The molecule has 2 rings (SSSR count). The lowest BCUT2D eigenvalue weighted by molar-refractivity contribution is 0.702. The number of hydrogen-bond acceptors (Lipinski definition) is 3. The molecule has 0 amide bonds. The molecule has 0 aliphatic carbocycles. The second-order valence-corrected chi connectivity index (χ2v) is 2.77. The predicted molar refractivity (Wildman–Crippen MR) is 39.2 cm³/mol. The maximum atomic E-state index is 4.16. The van der Waals surface area contributed by atoms with Crippen LogP contribution in [0.2, 0.25) is 0 Å². The van der Waals surface area contributed by atoms with Gasteiger partial charge in [0.1, 0.15) is 5.82 Å². The summed E-state index contributed by atoms with van der Waals surface area (Å²) < 4.78 is 1.50. The van der Waals surface area contributed by atoms with E-state index in [1.807, 2.05) is 0 Å². The molecule has 58 valence electrons. The fourth-order valence-corrected chi connectivity index (χ4v) is 0.903. The summed E-state index contributed by atoms with van der Waals surface area (Å²) in [5, 5.41) is 11.6. The number of hydrogen-bond donors (Lipinski definition) is 1. The Kier molecular flexibility index (Phi) is 1.18. The van der Waals surface area contributed by atoms with E-state index in [-0.39, 0.29) is 0 Å². The van der Waals surface area contributed by atoms with Crippen molar-refractivity contribution in [2.45, 2.75) is 19.8 Å². The van der Waals surface area contributed by atoms with Crippen molar-refractivity contribution in [2.24, 2.45) is 0 Å². The first-order chi connectivity index (χ1) is 5.27. The fraction of sp³-hybridized carbons (Fsp3) is 0.500. The predicted octanol–water partition coefficient (Wildman–Crippen LogP) is 0.576. The van der Waals surface area contributed by atoms with Crippen LogP contribution < -0.4 is 0 Å². The van der Waals surface area contributed by atoms with Gasteiger partial charge in [-0.15, -0.1) is 14.8 Å². The van der Waals surface area contributed by atoms with Crippen molar-refractivity contribution in [3.63, 3.8) is 0 Å². The largest absolute Gasteiger partial charge is 0.324 e. The highest BCUT2D eigenvalue weighted by Crippen LogP contribution is 2.08. The third-order valence-corrected chi connectivity index (χ3v) is 1.54. The van der Waals surface area contributed by atoms with Gasteiger partial charge < -0.3 is 4.98 Å². The van der Waals surface area contributed by atoms with E-state index < -0.39 is 0 Å². The van der Waals surface area contributed by atoms with Crippen LogP contribution in [0, 0.1) is 0 Å². The molecule has 0 saturated carbocycles. The molecule has 2 heterocycles. The smallest absolute Gasteiger partial charge is 0.176 e. The monoisotopic (exact) mass is 151 g/mol. The zero-order valence-electron chi connectivity index (χ0n) is 6.44. The Balaban J connectivity index is 2.58. The van der Waals surface area contributed by atoms with Crippen molar-refractivity contribution in [2.75, 3.05) is 0 Å². The zero-order chi connectivity index (χ0) is 7.84. The average molecular weight is 151 g/mol. The highest BCUT2D eigenvalue weighted by Gasteiger charge is 2.05. The van der Waals surface area contributed by atoms with Crippen LogP contribution in [0.3, 0.4) is 0 Å². The minimum Gasteiger partial charge on any atom is -0.324 e. The van der Waals surface area contributed by atoms with E-state index in [9.17, 15) is 0 Å². The van der Waals surface area contributed by atoms with E-state index in [4.69, 9.17) is 0 Å². The van der Waals surface area contributed by atoms with Gasteiger partial charge in [-0.25, -0.2) is 0 Å². The van der Waals surface area contributed by atoms with Gasteiger partial charge in [0, 0.05) is 5.92 Å². The van der Waals surface area contributed by atoms with E-state index >= 15 is 0 Å². The molecule has 5 nitrogen and oxygen atoms in total. The maximum Gasteiger partial charge on any atom is 0.176 e. The van der Waals surface area contributed by atoms with Crippen LogP contribution >= 0.6 is 0 Å². The number of fused-ring (bicyclic) bond motifs is 1. The van der Waals surface area contributed by atoms with Gasteiger partial charge in [-0.3, -0.25) is 0 Å². The molecule has 0 radical (unpaired) electrons. The maximum absolute atomic E-state index is 4.16. The summed E-state index contributed by atoms with van der Waals surface area (Å²) in [6.07, 6.45) is 1.65. The Morgan fingerprint density at radius 3 is 3.00 bits per heavy atom. The van der Waals surface area contributed by atoms with Crippen molar-refractivity contribution >= 4 is 5.65 Å². The van der Waals surface area contributed by atoms with E-state index in [0.717, 1.165) is 11.5 Å². The lowest BCUT2D eigenvalue weighted by atomic mass is 10.2. The van der Waals surface area contributed by atoms with Gasteiger partial charge in [-0.05, 0) is 5.21 Å². The molecular formula is C6H9N5. The standard InChI is InChI=1S/C6H9N5/c1-4(2)6-8-5-3-7-10-11(5)9-6/h3-4H,1-2H3,(H,8,9). The van der Waals surface area contributed by atoms with Gasteiger partial charge in [-0.1, -0.05) is 13.8 Å². The average Bonchev–Trinajstić information content (AvgIpc) is 2.40. The van der Waals surface area contributed by atoms with Crippen LogP contribution in [-0.2, 0) is 0 Å². The Morgan fingerprint density at radius 2 is 2.36 bits per heavy atom. The van der Waals surface area contributed by atoms with Crippen LogP contribution in [0.1, 0.15) is 25.6 Å². The minimum atomic E-state index is 0.400. The summed E-state index contributed by atoms with van der Waals surface area (Å²) in [6.45, 7) is 4.15. The molecule has 2 aromatic rings. The number of rotatable bonds is 1. The molecule has 0 aliphatic rings. The molecule has 0 bridgehead atoms.